The number of rotatable bonds is 4. The molecule has 2 aliphatic rings. The fourth-order valence-corrected chi connectivity index (χ4v) is 7.11. The average molecular weight is 491 g/mol. The van der Waals surface area contributed by atoms with Gasteiger partial charge in [-0.25, -0.2) is 16.8 Å². The summed E-state index contributed by atoms with van der Waals surface area (Å²) in [6.07, 6.45) is 5.23. The number of amides is 1. The molecule has 33 heavy (non-hydrogen) atoms. The number of fused-ring (bicyclic) bond motifs is 1. The maximum absolute atomic E-state index is 13.6. The van der Waals surface area contributed by atoms with Crippen LogP contribution < -0.4 is 4.90 Å². The minimum atomic E-state index is -3.70. The quantitative estimate of drug-likeness (QED) is 0.654. The van der Waals surface area contributed by atoms with Gasteiger partial charge in [0.15, 0.2) is 9.84 Å². The molecule has 1 atom stereocenters. The minimum Gasteiger partial charge on any atom is -0.308 e. The molecule has 0 bridgehead atoms. The number of anilines is 1. The molecule has 1 saturated heterocycles. The van der Waals surface area contributed by atoms with Crippen LogP contribution >= 0.6 is 0 Å². The van der Waals surface area contributed by atoms with Gasteiger partial charge in [-0.15, -0.1) is 0 Å². The van der Waals surface area contributed by atoms with Crippen molar-refractivity contribution < 1.29 is 21.6 Å². The Morgan fingerprint density at radius 1 is 0.939 bits per heavy atom. The zero-order valence-corrected chi connectivity index (χ0v) is 20.9. The molecule has 7 nitrogen and oxygen atoms in total. The van der Waals surface area contributed by atoms with E-state index < -0.39 is 19.9 Å². The topological polar surface area (TPSA) is 91.8 Å². The normalized spacial score (nSPS) is 19.8. The van der Waals surface area contributed by atoms with Crippen LogP contribution in [-0.2, 0) is 26.3 Å². The smallest absolute Gasteiger partial charge is 0.258 e. The lowest BCUT2D eigenvalue weighted by Gasteiger charge is -2.33. The van der Waals surface area contributed by atoms with Crippen LogP contribution in [0.3, 0.4) is 0 Å². The number of carbonyl (C=O) groups is 1. The average Bonchev–Trinajstić information content (AvgIpc) is 2.77. The van der Waals surface area contributed by atoms with Gasteiger partial charge in [0, 0.05) is 36.6 Å². The molecule has 2 aromatic rings. The highest BCUT2D eigenvalue weighted by atomic mass is 32.2. The lowest BCUT2D eigenvalue weighted by molar-refractivity contribution is 0.0984. The van der Waals surface area contributed by atoms with E-state index in [0.717, 1.165) is 24.8 Å². The first kappa shape index (κ1) is 23.9. The van der Waals surface area contributed by atoms with E-state index in [0.29, 0.717) is 42.7 Å². The lowest BCUT2D eigenvalue weighted by atomic mass is 9.99. The molecule has 2 heterocycles. The first-order valence-corrected chi connectivity index (χ1v) is 14.6. The summed E-state index contributed by atoms with van der Waals surface area (Å²) < 4.78 is 52.1. The monoisotopic (exact) mass is 490 g/mol. The Kier molecular flexibility index (Phi) is 6.41. The summed E-state index contributed by atoms with van der Waals surface area (Å²) in [5.74, 6) is -0.274. The fourth-order valence-electron chi connectivity index (χ4n) is 4.72. The van der Waals surface area contributed by atoms with Gasteiger partial charge in [-0.3, -0.25) is 4.79 Å². The standard InChI is InChI=1S/C24H30N2O5S2/c1-17-9-10-21(33(30,31)26-14-5-4-7-18(26)2)16-22(17)24(27)25-13-6-8-19-15-20(32(3,28)29)11-12-23(19)25/h9-12,15-16,18H,4-8,13-14H2,1-3H3. The highest BCUT2D eigenvalue weighted by Crippen LogP contribution is 2.32. The van der Waals surface area contributed by atoms with Crippen molar-refractivity contribution in [1.82, 2.24) is 4.31 Å². The molecule has 0 N–H and O–H groups in total. The van der Waals surface area contributed by atoms with Crippen molar-refractivity contribution in [2.24, 2.45) is 0 Å². The molecule has 0 saturated carbocycles. The van der Waals surface area contributed by atoms with Gasteiger partial charge in [0.2, 0.25) is 10.0 Å². The highest BCUT2D eigenvalue weighted by Gasteiger charge is 2.32. The third-order valence-electron chi connectivity index (χ3n) is 6.63. The van der Waals surface area contributed by atoms with Crippen molar-refractivity contribution in [1.29, 1.82) is 0 Å². The maximum atomic E-state index is 13.6. The van der Waals surface area contributed by atoms with E-state index in [1.165, 1.54) is 18.4 Å². The Bertz CT molecular complexity index is 1300. The minimum absolute atomic E-state index is 0.0674. The number of sulfone groups is 1. The lowest BCUT2D eigenvalue weighted by Crippen LogP contribution is -2.42. The molecule has 0 aliphatic carbocycles. The van der Waals surface area contributed by atoms with Gasteiger partial charge in [0.05, 0.1) is 9.79 Å². The molecular formula is C24H30N2O5S2. The van der Waals surface area contributed by atoms with Gasteiger partial charge in [0.25, 0.3) is 5.91 Å². The number of nitrogens with zero attached hydrogens (tertiary/aromatic N) is 2. The van der Waals surface area contributed by atoms with Crippen LogP contribution in [0.15, 0.2) is 46.2 Å². The Morgan fingerprint density at radius 2 is 1.67 bits per heavy atom. The van der Waals surface area contributed by atoms with Crippen LogP contribution in [0.5, 0.6) is 0 Å². The summed E-state index contributed by atoms with van der Waals surface area (Å²) in [7, 11) is -7.05. The van der Waals surface area contributed by atoms with Crippen molar-refractivity contribution in [3.63, 3.8) is 0 Å². The maximum Gasteiger partial charge on any atom is 0.258 e. The van der Waals surface area contributed by atoms with Crippen LogP contribution in [-0.4, -0.2) is 52.4 Å². The van der Waals surface area contributed by atoms with Crippen LogP contribution in [0.4, 0.5) is 5.69 Å². The Labute approximate surface area is 196 Å². The van der Waals surface area contributed by atoms with Gasteiger partial charge >= 0.3 is 0 Å². The Hall–Kier alpha value is -2.23. The van der Waals surface area contributed by atoms with Gasteiger partial charge in [-0.05, 0) is 81.0 Å². The number of carbonyl (C=O) groups excluding carboxylic acids is 1. The largest absolute Gasteiger partial charge is 0.308 e. The summed E-state index contributed by atoms with van der Waals surface area (Å²) in [5.41, 5.74) is 2.53. The summed E-state index contributed by atoms with van der Waals surface area (Å²) >= 11 is 0. The second-order valence-electron chi connectivity index (χ2n) is 9.06. The highest BCUT2D eigenvalue weighted by molar-refractivity contribution is 7.90. The van der Waals surface area contributed by atoms with Crippen LogP contribution in [0.25, 0.3) is 0 Å². The number of piperidine rings is 1. The molecule has 178 valence electrons. The van der Waals surface area contributed by atoms with E-state index >= 15 is 0 Å². The Morgan fingerprint density at radius 3 is 2.36 bits per heavy atom. The molecule has 2 aromatic carbocycles. The third-order valence-corrected chi connectivity index (χ3v) is 9.75. The van der Waals surface area contributed by atoms with Gasteiger partial charge in [-0.2, -0.15) is 4.31 Å². The van der Waals surface area contributed by atoms with Crippen molar-refractivity contribution in [3.8, 4) is 0 Å². The van der Waals surface area contributed by atoms with E-state index in [1.807, 2.05) is 6.92 Å². The molecule has 0 spiro atoms. The second kappa shape index (κ2) is 8.85. The summed E-state index contributed by atoms with van der Waals surface area (Å²) in [6.45, 7) is 4.70. The molecule has 0 radical (unpaired) electrons. The molecule has 0 aromatic heterocycles. The number of sulfonamides is 1. The third kappa shape index (κ3) is 4.58. The van der Waals surface area contributed by atoms with Crippen LogP contribution in [0.2, 0.25) is 0 Å². The van der Waals surface area contributed by atoms with E-state index in [-0.39, 0.29) is 21.7 Å². The van der Waals surface area contributed by atoms with E-state index in [4.69, 9.17) is 0 Å². The zero-order chi connectivity index (χ0) is 24.0. The van der Waals surface area contributed by atoms with Crippen molar-refractivity contribution in [2.75, 3.05) is 24.2 Å². The number of hydrogen-bond donors (Lipinski definition) is 0. The Balaban J connectivity index is 1.70. The summed E-state index contributed by atoms with van der Waals surface area (Å²) in [4.78, 5) is 15.6. The van der Waals surface area contributed by atoms with Crippen molar-refractivity contribution >= 4 is 31.5 Å². The summed E-state index contributed by atoms with van der Waals surface area (Å²) in [5, 5.41) is 0. The van der Waals surface area contributed by atoms with Crippen molar-refractivity contribution in [2.45, 2.75) is 61.8 Å². The first-order chi connectivity index (χ1) is 15.5. The SMILES string of the molecule is Cc1ccc(S(=O)(=O)N2CCCCC2C)cc1C(=O)N1CCCc2cc(S(C)(=O)=O)ccc21. The fraction of sp³-hybridized carbons (Fsp3) is 0.458. The second-order valence-corrected chi connectivity index (χ2v) is 13.0. The molecule has 2 aliphatic heterocycles. The first-order valence-electron chi connectivity index (χ1n) is 11.3. The summed E-state index contributed by atoms with van der Waals surface area (Å²) in [6, 6.07) is 9.52. The predicted molar refractivity (Wildman–Crippen MR) is 128 cm³/mol. The van der Waals surface area contributed by atoms with Crippen LogP contribution in [0, 0.1) is 6.92 Å². The predicted octanol–water partition coefficient (Wildman–Crippen LogP) is 3.55. The van der Waals surface area contributed by atoms with Gasteiger partial charge in [-0.1, -0.05) is 12.5 Å². The van der Waals surface area contributed by atoms with Crippen LogP contribution in [0.1, 0.15) is 54.1 Å². The molecule has 1 fully saturated rings. The van der Waals surface area contributed by atoms with E-state index in [1.54, 1.807) is 40.4 Å². The van der Waals surface area contributed by atoms with E-state index in [9.17, 15) is 21.6 Å². The molecule has 1 unspecified atom stereocenters. The molecule has 9 heteroatoms. The zero-order valence-electron chi connectivity index (χ0n) is 19.2. The molecule has 1 amide bonds. The number of hydrogen-bond acceptors (Lipinski definition) is 5. The number of benzene rings is 2. The van der Waals surface area contributed by atoms with E-state index in [2.05, 4.69) is 0 Å². The molecular weight excluding hydrogens is 460 g/mol. The van der Waals surface area contributed by atoms with Gasteiger partial charge < -0.3 is 4.90 Å². The van der Waals surface area contributed by atoms with Gasteiger partial charge in [0.1, 0.15) is 0 Å². The van der Waals surface area contributed by atoms with Crippen molar-refractivity contribution in [3.05, 3.63) is 53.1 Å². The molecule has 4 rings (SSSR count). The number of aryl methyl sites for hydroxylation is 2.